The summed E-state index contributed by atoms with van der Waals surface area (Å²) in [6.07, 6.45) is 1.90. The largest absolute Gasteiger partial charge is 0.488 e. The second kappa shape index (κ2) is 9.49. The summed E-state index contributed by atoms with van der Waals surface area (Å²) in [4.78, 5) is 20.8. The molecule has 0 bridgehead atoms. The molecule has 0 aliphatic heterocycles. The number of fused-ring (bicyclic) bond motifs is 3. The molecule has 172 valence electrons. The van der Waals surface area contributed by atoms with Gasteiger partial charge in [-0.05, 0) is 61.9 Å². The number of rotatable bonds is 7. The number of ether oxygens (including phenoxy) is 1. The predicted molar refractivity (Wildman–Crippen MR) is 141 cm³/mol. The van der Waals surface area contributed by atoms with Crippen LogP contribution >= 0.6 is 22.9 Å². The lowest BCUT2D eigenvalue weighted by Crippen LogP contribution is -2.23. The Hall–Kier alpha value is -3.35. The summed E-state index contributed by atoms with van der Waals surface area (Å²) < 4.78 is 8.57. The van der Waals surface area contributed by atoms with Crippen molar-refractivity contribution in [3.63, 3.8) is 0 Å². The lowest BCUT2D eigenvalue weighted by molar-refractivity contribution is 0.305. The normalized spacial score (nSPS) is 12.0. The SMILES string of the molecule is CCN(CC)c1ccc(C=c2sc3nc4ccccc4n3c2=O)c(OCc2ccc(Cl)cc2)c1. The molecule has 5 nitrogen and oxygen atoms in total. The highest BCUT2D eigenvalue weighted by Crippen LogP contribution is 2.28. The Labute approximate surface area is 206 Å². The third-order valence-electron chi connectivity index (χ3n) is 5.87. The summed E-state index contributed by atoms with van der Waals surface area (Å²) in [5.74, 6) is 0.731. The standard InChI is InChI=1S/C27H24ClN3O2S/c1-3-30(4-2)21-14-11-19(24(16-21)33-17-18-9-12-20(28)13-10-18)15-25-26(32)31-23-8-6-5-7-22(23)29-27(31)34-25/h5-16H,3-4,17H2,1-2H3. The van der Waals surface area contributed by atoms with Crippen LogP contribution in [-0.4, -0.2) is 22.5 Å². The zero-order valence-electron chi connectivity index (χ0n) is 19.0. The fraction of sp³-hybridized carbons (Fsp3) is 0.185. The molecule has 2 heterocycles. The number of benzene rings is 3. The fourth-order valence-corrected chi connectivity index (χ4v) is 5.15. The topological polar surface area (TPSA) is 46.8 Å². The number of halogens is 1. The molecular formula is C27H24ClN3O2S. The molecule has 0 aliphatic rings. The van der Waals surface area contributed by atoms with Crippen molar-refractivity contribution in [3.05, 3.63) is 97.8 Å². The van der Waals surface area contributed by atoms with Gasteiger partial charge in [-0.1, -0.05) is 47.2 Å². The Morgan fingerprint density at radius 3 is 2.59 bits per heavy atom. The van der Waals surface area contributed by atoms with E-state index in [0.717, 1.165) is 46.7 Å². The minimum Gasteiger partial charge on any atom is -0.488 e. The van der Waals surface area contributed by atoms with E-state index in [2.05, 4.69) is 29.8 Å². The van der Waals surface area contributed by atoms with Gasteiger partial charge in [0, 0.05) is 35.4 Å². The summed E-state index contributed by atoms with van der Waals surface area (Å²) in [6.45, 7) is 6.47. The maximum atomic E-state index is 13.2. The van der Waals surface area contributed by atoms with E-state index in [9.17, 15) is 4.79 Å². The molecule has 0 atom stereocenters. The average molecular weight is 490 g/mol. The molecular weight excluding hydrogens is 466 g/mol. The van der Waals surface area contributed by atoms with E-state index in [1.54, 1.807) is 4.40 Å². The van der Waals surface area contributed by atoms with Crippen LogP contribution in [0.1, 0.15) is 25.0 Å². The van der Waals surface area contributed by atoms with Crippen LogP contribution in [0.2, 0.25) is 5.02 Å². The maximum absolute atomic E-state index is 13.2. The molecule has 0 unspecified atom stereocenters. The van der Waals surface area contributed by atoms with Crippen molar-refractivity contribution < 1.29 is 4.74 Å². The summed E-state index contributed by atoms with van der Waals surface area (Å²) in [5, 5.41) is 0.694. The van der Waals surface area contributed by atoms with Gasteiger partial charge in [-0.15, -0.1) is 0 Å². The number of para-hydroxylation sites is 2. The van der Waals surface area contributed by atoms with E-state index in [1.807, 2.05) is 66.7 Å². The highest BCUT2D eigenvalue weighted by molar-refractivity contribution is 7.15. The third kappa shape index (κ3) is 4.27. The molecule has 0 saturated heterocycles. The molecule has 0 N–H and O–H groups in total. The highest BCUT2D eigenvalue weighted by atomic mass is 35.5. The fourth-order valence-electron chi connectivity index (χ4n) is 4.05. The van der Waals surface area contributed by atoms with E-state index in [0.29, 0.717) is 21.1 Å². The molecule has 0 aliphatic carbocycles. The third-order valence-corrected chi connectivity index (χ3v) is 7.09. The van der Waals surface area contributed by atoms with Crippen LogP contribution in [-0.2, 0) is 6.61 Å². The van der Waals surface area contributed by atoms with Gasteiger partial charge in [0.2, 0.25) is 0 Å². The summed E-state index contributed by atoms with van der Waals surface area (Å²) in [7, 11) is 0. The molecule has 0 spiro atoms. The second-order valence-corrected chi connectivity index (χ2v) is 9.39. The van der Waals surface area contributed by atoms with Crippen molar-refractivity contribution in [1.82, 2.24) is 9.38 Å². The van der Waals surface area contributed by atoms with Crippen molar-refractivity contribution in [2.75, 3.05) is 18.0 Å². The van der Waals surface area contributed by atoms with Gasteiger partial charge in [0.05, 0.1) is 15.6 Å². The van der Waals surface area contributed by atoms with Crippen molar-refractivity contribution in [1.29, 1.82) is 0 Å². The van der Waals surface area contributed by atoms with Crippen molar-refractivity contribution >= 4 is 50.7 Å². The molecule has 7 heteroatoms. The quantitative estimate of drug-likeness (QED) is 0.301. The zero-order valence-corrected chi connectivity index (χ0v) is 20.6. The molecule has 0 saturated carbocycles. The number of aromatic nitrogens is 2. The Bertz CT molecular complexity index is 1570. The second-order valence-electron chi connectivity index (χ2n) is 7.94. The maximum Gasteiger partial charge on any atom is 0.274 e. The number of hydrogen-bond acceptors (Lipinski definition) is 5. The molecule has 3 aromatic carbocycles. The molecule has 0 amide bonds. The van der Waals surface area contributed by atoms with Gasteiger partial charge in [-0.3, -0.25) is 4.79 Å². The number of imidazole rings is 1. The summed E-state index contributed by atoms with van der Waals surface area (Å²) >= 11 is 7.41. The van der Waals surface area contributed by atoms with Crippen LogP contribution in [0.25, 0.3) is 22.1 Å². The van der Waals surface area contributed by atoms with Gasteiger partial charge in [0.1, 0.15) is 12.4 Å². The van der Waals surface area contributed by atoms with E-state index in [-0.39, 0.29) is 5.56 Å². The molecule has 2 aromatic heterocycles. The monoisotopic (exact) mass is 489 g/mol. The number of hydrogen-bond donors (Lipinski definition) is 0. The zero-order chi connectivity index (χ0) is 23.7. The van der Waals surface area contributed by atoms with Crippen LogP contribution < -0.4 is 19.7 Å². The van der Waals surface area contributed by atoms with Gasteiger partial charge in [-0.25, -0.2) is 9.38 Å². The Morgan fingerprint density at radius 2 is 1.82 bits per heavy atom. The van der Waals surface area contributed by atoms with Crippen LogP contribution in [0.5, 0.6) is 5.75 Å². The molecule has 5 rings (SSSR count). The van der Waals surface area contributed by atoms with Crippen molar-refractivity contribution in [3.8, 4) is 5.75 Å². The average Bonchev–Trinajstić information content (AvgIpc) is 3.36. The van der Waals surface area contributed by atoms with E-state index in [4.69, 9.17) is 16.3 Å². The van der Waals surface area contributed by atoms with Crippen LogP contribution in [0.15, 0.2) is 71.5 Å². The van der Waals surface area contributed by atoms with E-state index < -0.39 is 0 Å². The van der Waals surface area contributed by atoms with E-state index in [1.165, 1.54) is 11.3 Å². The minimum absolute atomic E-state index is 0.0647. The summed E-state index contributed by atoms with van der Waals surface area (Å²) in [5.41, 5.74) is 4.56. The highest BCUT2D eigenvalue weighted by Gasteiger charge is 2.13. The molecule has 5 aromatic rings. The Balaban J connectivity index is 1.58. The van der Waals surface area contributed by atoms with Crippen molar-refractivity contribution in [2.45, 2.75) is 20.5 Å². The molecule has 0 radical (unpaired) electrons. The van der Waals surface area contributed by atoms with Gasteiger partial charge < -0.3 is 9.64 Å². The molecule has 0 fully saturated rings. The van der Waals surface area contributed by atoms with E-state index >= 15 is 0 Å². The van der Waals surface area contributed by atoms with Gasteiger partial charge in [0.25, 0.3) is 5.56 Å². The van der Waals surface area contributed by atoms with Crippen LogP contribution in [0, 0.1) is 0 Å². The van der Waals surface area contributed by atoms with Crippen LogP contribution in [0.3, 0.4) is 0 Å². The van der Waals surface area contributed by atoms with Gasteiger partial charge in [0.15, 0.2) is 4.96 Å². The smallest absolute Gasteiger partial charge is 0.274 e. The van der Waals surface area contributed by atoms with Gasteiger partial charge in [-0.2, -0.15) is 0 Å². The first-order chi connectivity index (χ1) is 16.6. The predicted octanol–water partition coefficient (Wildman–Crippen LogP) is 5.54. The Morgan fingerprint density at radius 1 is 1.06 bits per heavy atom. The first-order valence-electron chi connectivity index (χ1n) is 11.3. The minimum atomic E-state index is -0.0647. The van der Waals surface area contributed by atoms with Gasteiger partial charge >= 0.3 is 0 Å². The van der Waals surface area contributed by atoms with Crippen molar-refractivity contribution in [2.24, 2.45) is 0 Å². The first-order valence-corrected chi connectivity index (χ1v) is 12.4. The summed E-state index contributed by atoms with van der Waals surface area (Å²) in [6, 6.07) is 21.5. The Kier molecular flexibility index (Phi) is 6.26. The lowest BCUT2D eigenvalue weighted by Gasteiger charge is -2.22. The number of anilines is 1. The molecule has 34 heavy (non-hydrogen) atoms. The first kappa shape index (κ1) is 22.4. The number of nitrogens with zero attached hydrogens (tertiary/aromatic N) is 3. The number of thiazole rings is 1. The lowest BCUT2D eigenvalue weighted by atomic mass is 10.1. The van der Waals surface area contributed by atoms with Crippen LogP contribution in [0.4, 0.5) is 5.69 Å².